The molecule has 1 aromatic rings. The molecule has 0 bridgehead atoms. The highest BCUT2D eigenvalue weighted by atomic mass is 19.1. The summed E-state index contributed by atoms with van der Waals surface area (Å²) >= 11 is 0. The van der Waals surface area contributed by atoms with E-state index < -0.39 is 39.5 Å². The van der Waals surface area contributed by atoms with Crippen LogP contribution in [-0.4, -0.2) is 33.3 Å². The number of aliphatic hydroxyl groups is 1. The van der Waals surface area contributed by atoms with Gasteiger partial charge in [0, 0.05) is 11.5 Å². The first-order chi connectivity index (χ1) is 9.64. The number of halogens is 1. The Morgan fingerprint density at radius 3 is 2.57 bits per heavy atom. The van der Waals surface area contributed by atoms with Crippen molar-refractivity contribution in [1.29, 1.82) is 0 Å². The number of anilines is 1. The van der Waals surface area contributed by atoms with Crippen LogP contribution < -0.4 is 5.32 Å². The van der Waals surface area contributed by atoms with Gasteiger partial charge in [0.05, 0.1) is 22.8 Å². The van der Waals surface area contributed by atoms with Crippen LogP contribution >= 0.6 is 0 Å². The van der Waals surface area contributed by atoms with Crippen LogP contribution in [0.15, 0.2) is 12.1 Å². The van der Waals surface area contributed by atoms with Gasteiger partial charge in [0.2, 0.25) is 0 Å². The number of benzene rings is 1. The Kier molecular flexibility index (Phi) is 3.58. The maximum Gasteiger partial charge on any atom is 0.342 e. The van der Waals surface area contributed by atoms with Crippen LogP contribution in [0.1, 0.15) is 30.6 Å². The van der Waals surface area contributed by atoms with Gasteiger partial charge in [-0.3, -0.25) is 10.1 Å². The van der Waals surface area contributed by atoms with Crippen molar-refractivity contribution in [3.05, 3.63) is 33.6 Å². The van der Waals surface area contributed by atoms with E-state index in [0.29, 0.717) is 12.5 Å². The van der Waals surface area contributed by atoms with Gasteiger partial charge in [0.15, 0.2) is 5.82 Å². The van der Waals surface area contributed by atoms with E-state index >= 15 is 0 Å². The molecule has 7 nitrogen and oxygen atoms in total. The van der Waals surface area contributed by atoms with E-state index in [1.54, 1.807) is 13.8 Å². The molecule has 2 unspecified atom stereocenters. The summed E-state index contributed by atoms with van der Waals surface area (Å²) in [4.78, 5) is 20.9. The average Bonchev–Trinajstić information content (AvgIpc) is 2.39. The van der Waals surface area contributed by atoms with E-state index in [4.69, 9.17) is 5.11 Å². The SMILES string of the molecule is CC1(C)C(O)CC1Nc1cc(C(=O)O)c([N+](=O)[O-])cc1F. The van der Waals surface area contributed by atoms with Crippen LogP contribution in [0.3, 0.4) is 0 Å². The lowest BCUT2D eigenvalue weighted by Gasteiger charge is -2.49. The van der Waals surface area contributed by atoms with Gasteiger partial charge in [0.1, 0.15) is 5.56 Å². The smallest absolute Gasteiger partial charge is 0.342 e. The first-order valence-electron chi connectivity index (χ1n) is 6.30. The van der Waals surface area contributed by atoms with Crippen LogP contribution in [-0.2, 0) is 0 Å². The largest absolute Gasteiger partial charge is 0.477 e. The Hall–Kier alpha value is -2.22. The highest BCUT2D eigenvalue weighted by Gasteiger charge is 2.47. The monoisotopic (exact) mass is 298 g/mol. The third-order valence-electron chi connectivity index (χ3n) is 4.06. The predicted octanol–water partition coefficient (Wildman–Crippen LogP) is 2.00. The normalized spacial score (nSPS) is 23.2. The summed E-state index contributed by atoms with van der Waals surface area (Å²) < 4.78 is 13.9. The van der Waals surface area contributed by atoms with E-state index in [1.165, 1.54) is 0 Å². The number of aliphatic hydroxyl groups excluding tert-OH is 1. The van der Waals surface area contributed by atoms with Crippen LogP contribution in [0.25, 0.3) is 0 Å². The third-order valence-corrected chi connectivity index (χ3v) is 4.06. The fourth-order valence-electron chi connectivity index (χ4n) is 2.33. The van der Waals surface area contributed by atoms with E-state index in [0.717, 1.165) is 6.07 Å². The van der Waals surface area contributed by atoms with Crippen molar-refractivity contribution in [1.82, 2.24) is 0 Å². The minimum Gasteiger partial charge on any atom is -0.477 e. The van der Waals surface area contributed by atoms with Gasteiger partial charge >= 0.3 is 5.97 Å². The predicted molar refractivity (Wildman–Crippen MR) is 71.8 cm³/mol. The number of aromatic carboxylic acids is 1. The van der Waals surface area contributed by atoms with E-state index in [9.17, 15) is 24.4 Å². The zero-order chi connectivity index (χ0) is 15.9. The number of hydrogen-bond acceptors (Lipinski definition) is 5. The maximum absolute atomic E-state index is 13.9. The lowest BCUT2D eigenvalue weighted by atomic mass is 9.64. The number of carbonyl (C=O) groups is 1. The molecule has 0 spiro atoms. The summed E-state index contributed by atoms with van der Waals surface area (Å²) in [5.41, 5.74) is -1.99. The number of carboxylic acid groups (broad SMARTS) is 1. The minimum absolute atomic E-state index is 0.122. The first kappa shape index (κ1) is 15.2. The fourth-order valence-corrected chi connectivity index (χ4v) is 2.33. The second-order valence-corrected chi connectivity index (χ2v) is 5.68. The molecule has 1 aromatic carbocycles. The van der Waals surface area contributed by atoms with Crippen LogP contribution in [0.2, 0.25) is 0 Å². The maximum atomic E-state index is 13.9. The Bertz CT molecular complexity index is 617. The van der Waals surface area contributed by atoms with Gasteiger partial charge in [-0.1, -0.05) is 13.8 Å². The molecule has 0 saturated heterocycles. The highest BCUT2D eigenvalue weighted by Crippen LogP contribution is 2.42. The second-order valence-electron chi connectivity index (χ2n) is 5.68. The number of nitro benzene ring substituents is 1. The Labute approximate surface area is 119 Å². The van der Waals surface area contributed by atoms with Crippen LogP contribution in [0.5, 0.6) is 0 Å². The molecule has 0 aromatic heterocycles. The van der Waals surface area contributed by atoms with Crippen molar-refractivity contribution >= 4 is 17.3 Å². The molecule has 1 aliphatic carbocycles. The highest BCUT2D eigenvalue weighted by molar-refractivity contribution is 5.93. The van der Waals surface area contributed by atoms with E-state index in [-0.39, 0.29) is 11.7 Å². The van der Waals surface area contributed by atoms with Crippen molar-refractivity contribution in [2.24, 2.45) is 5.41 Å². The summed E-state index contributed by atoms with van der Waals surface area (Å²) in [6.45, 7) is 3.58. The van der Waals surface area contributed by atoms with Crippen molar-refractivity contribution < 1.29 is 24.3 Å². The summed E-state index contributed by atoms with van der Waals surface area (Å²) in [6, 6.07) is 1.26. The number of rotatable bonds is 4. The van der Waals surface area contributed by atoms with Gasteiger partial charge in [-0.2, -0.15) is 0 Å². The van der Waals surface area contributed by atoms with E-state index in [2.05, 4.69) is 5.32 Å². The molecule has 2 atom stereocenters. The standard InChI is InChI=1S/C13H15FN2O5/c1-13(2)10(5-11(13)17)15-8-3-6(12(18)19)9(16(20)21)4-7(8)14/h3-4,10-11,15,17H,5H2,1-2H3,(H,18,19). The van der Waals surface area contributed by atoms with E-state index in [1.807, 2.05) is 0 Å². The van der Waals surface area contributed by atoms with Crippen LogP contribution in [0.4, 0.5) is 15.8 Å². The average molecular weight is 298 g/mol. The molecular weight excluding hydrogens is 283 g/mol. The third kappa shape index (κ3) is 2.54. The second kappa shape index (κ2) is 4.96. The molecule has 21 heavy (non-hydrogen) atoms. The summed E-state index contributed by atoms with van der Waals surface area (Å²) in [6.07, 6.45) is -0.138. The zero-order valence-corrected chi connectivity index (χ0v) is 11.5. The topological polar surface area (TPSA) is 113 Å². The van der Waals surface area contributed by atoms with Crippen molar-refractivity contribution in [2.45, 2.75) is 32.4 Å². The van der Waals surface area contributed by atoms with Crippen molar-refractivity contribution in [2.75, 3.05) is 5.32 Å². The Morgan fingerprint density at radius 1 is 1.52 bits per heavy atom. The summed E-state index contributed by atoms with van der Waals surface area (Å²) in [5.74, 6) is -2.40. The molecule has 1 aliphatic rings. The Morgan fingerprint density at radius 2 is 2.14 bits per heavy atom. The zero-order valence-electron chi connectivity index (χ0n) is 11.5. The van der Waals surface area contributed by atoms with Crippen LogP contribution in [0, 0.1) is 21.3 Å². The number of hydrogen-bond donors (Lipinski definition) is 3. The lowest BCUT2D eigenvalue weighted by Crippen LogP contribution is -2.57. The molecule has 114 valence electrons. The molecule has 0 heterocycles. The molecule has 8 heteroatoms. The molecule has 3 N–H and O–H groups in total. The van der Waals surface area contributed by atoms with Gasteiger partial charge in [-0.15, -0.1) is 0 Å². The van der Waals surface area contributed by atoms with Gasteiger partial charge in [-0.25, -0.2) is 9.18 Å². The number of carboxylic acids is 1. The Balaban J connectivity index is 2.35. The lowest BCUT2D eigenvalue weighted by molar-refractivity contribution is -0.385. The molecular formula is C13H15FN2O5. The van der Waals surface area contributed by atoms with Crippen molar-refractivity contribution in [3.63, 3.8) is 0 Å². The molecule has 0 aliphatic heterocycles. The van der Waals surface area contributed by atoms with Gasteiger partial charge in [0.25, 0.3) is 5.69 Å². The fraction of sp³-hybridized carbons (Fsp3) is 0.462. The quantitative estimate of drug-likeness (QED) is 0.579. The molecule has 1 fully saturated rings. The number of nitro groups is 1. The minimum atomic E-state index is -1.50. The van der Waals surface area contributed by atoms with Gasteiger partial charge < -0.3 is 15.5 Å². The number of nitrogens with one attached hydrogen (secondary N) is 1. The molecule has 2 rings (SSSR count). The molecule has 0 radical (unpaired) electrons. The first-order valence-corrected chi connectivity index (χ1v) is 6.30. The van der Waals surface area contributed by atoms with Crippen molar-refractivity contribution in [3.8, 4) is 0 Å². The number of nitrogens with zero attached hydrogens (tertiary/aromatic N) is 1. The summed E-state index contributed by atoms with van der Waals surface area (Å²) in [7, 11) is 0. The molecule has 1 saturated carbocycles. The molecule has 0 amide bonds. The summed E-state index contributed by atoms with van der Waals surface area (Å²) in [5, 5.41) is 32.2. The van der Waals surface area contributed by atoms with Gasteiger partial charge in [-0.05, 0) is 12.5 Å².